The second-order valence-corrected chi connectivity index (χ2v) is 9.64. The Kier molecular flexibility index (Phi) is 10.1. The van der Waals surface area contributed by atoms with Crippen LogP contribution in [0.15, 0.2) is 103 Å². The first-order valence-electron chi connectivity index (χ1n) is 13.1. The summed E-state index contributed by atoms with van der Waals surface area (Å²) in [5.41, 5.74) is 4.76. The molecule has 39 heavy (non-hydrogen) atoms. The molecule has 0 aliphatic rings. The third-order valence-corrected chi connectivity index (χ3v) is 6.84. The summed E-state index contributed by atoms with van der Waals surface area (Å²) in [5.74, 6) is 0.857. The second kappa shape index (κ2) is 14.1. The van der Waals surface area contributed by atoms with Gasteiger partial charge in [0.2, 0.25) is 6.41 Å². The first kappa shape index (κ1) is 27.9. The van der Waals surface area contributed by atoms with Crippen LogP contribution in [0.25, 0.3) is 0 Å². The molecule has 1 amide bonds. The van der Waals surface area contributed by atoms with Gasteiger partial charge >= 0.3 is 0 Å². The van der Waals surface area contributed by atoms with Gasteiger partial charge in [-0.3, -0.25) is 9.69 Å². The first-order valence-corrected chi connectivity index (χ1v) is 13.1. The van der Waals surface area contributed by atoms with Crippen LogP contribution < -0.4 is 10.1 Å². The standard InChI is InChI=1S/C33H36N2O4/c1-25(19-26-13-16-30(38-2)17-14-26)35(21-27-9-5-3-6-10-27)22-33(39-23-28-11-7-4-8-12-28)29-15-18-32(37)31(20-29)34-24-36/h3-18,20,24-25,33,37H,19,21-23H2,1-2H3,(H,34,36)/t25?,33-/m0/s1. The normalized spacial score (nSPS) is 12.6. The van der Waals surface area contributed by atoms with Gasteiger partial charge in [-0.2, -0.15) is 0 Å². The molecule has 0 heterocycles. The SMILES string of the molecule is COc1ccc(CC(C)N(Cc2ccccc2)C[C@H](OCc2ccccc2)c2ccc(O)c(NC=O)c2)cc1. The molecule has 0 aliphatic carbocycles. The molecule has 2 atom stereocenters. The van der Waals surface area contributed by atoms with Crippen molar-refractivity contribution in [3.8, 4) is 11.5 Å². The molecule has 0 fully saturated rings. The fourth-order valence-corrected chi connectivity index (χ4v) is 4.62. The number of carbonyl (C=O) groups is 1. The smallest absolute Gasteiger partial charge is 0.211 e. The summed E-state index contributed by atoms with van der Waals surface area (Å²) in [6.45, 7) is 4.04. The van der Waals surface area contributed by atoms with Crippen molar-refractivity contribution in [3.05, 3.63) is 125 Å². The van der Waals surface area contributed by atoms with Crippen molar-refractivity contribution in [1.29, 1.82) is 0 Å². The molecular formula is C33H36N2O4. The number of carbonyl (C=O) groups excluding carboxylic acids is 1. The summed E-state index contributed by atoms with van der Waals surface area (Å²) in [4.78, 5) is 13.6. The fraction of sp³-hybridized carbons (Fsp3) is 0.242. The molecule has 0 saturated carbocycles. The Hall–Kier alpha value is -4.13. The van der Waals surface area contributed by atoms with Crippen molar-refractivity contribution in [1.82, 2.24) is 4.90 Å². The number of rotatable bonds is 14. The highest BCUT2D eigenvalue weighted by Gasteiger charge is 2.23. The molecular weight excluding hydrogens is 488 g/mol. The lowest BCUT2D eigenvalue weighted by Crippen LogP contribution is -2.38. The molecule has 0 bridgehead atoms. The number of amides is 1. The minimum absolute atomic E-state index is 0.0154. The molecule has 4 aromatic rings. The Morgan fingerprint density at radius 3 is 2.18 bits per heavy atom. The van der Waals surface area contributed by atoms with Crippen LogP contribution in [0.3, 0.4) is 0 Å². The van der Waals surface area contributed by atoms with E-state index in [1.807, 2.05) is 54.6 Å². The van der Waals surface area contributed by atoms with Crippen LogP contribution >= 0.6 is 0 Å². The maximum absolute atomic E-state index is 11.1. The quantitative estimate of drug-likeness (QED) is 0.148. The number of hydrogen-bond acceptors (Lipinski definition) is 5. The molecule has 0 aromatic heterocycles. The van der Waals surface area contributed by atoms with E-state index in [1.165, 1.54) is 11.1 Å². The molecule has 0 radical (unpaired) electrons. The maximum atomic E-state index is 11.1. The lowest BCUT2D eigenvalue weighted by Gasteiger charge is -2.33. The summed E-state index contributed by atoms with van der Waals surface area (Å²) >= 11 is 0. The van der Waals surface area contributed by atoms with Crippen molar-refractivity contribution in [2.75, 3.05) is 19.0 Å². The van der Waals surface area contributed by atoms with Gasteiger partial charge in [0, 0.05) is 19.1 Å². The Morgan fingerprint density at radius 1 is 0.872 bits per heavy atom. The number of hydrogen-bond donors (Lipinski definition) is 2. The Morgan fingerprint density at radius 2 is 1.54 bits per heavy atom. The van der Waals surface area contributed by atoms with Crippen LogP contribution in [-0.2, 0) is 29.1 Å². The molecule has 202 valence electrons. The van der Waals surface area contributed by atoms with Crippen molar-refractivity contribution < 1.29 is 19.4 Å². The van der Waals surface area contributed by atoms with E-state index in [9.17, 15) is 9.90 Å². The van der Waals surface area contributed by atoms with Crippen molar-refractivity contribution >= 4 is 12.1 Å². The highest BCUT2D eigenvalue weighted by Crippen LogP contribution is 2.30. The van der Waals surface area contributed by atoms with Gasteiger partial charge in [-0.1, -0.05) is 78.9 Å². The van der Waals surface area contributed by atoms with Crippen LogP contribution in [0.1, 0.15) is 35.3 Å². The number of anilines is 1. The van der Waals surface area contributed by atoms with Gasteiger partial charge in [0.05, 0.1) is 25.5 Å². The van der Waals surface area contributed by atoms with Gasteiger partial charge in [0.25, 0.3) is 0 Å². The van der Waals surface area contributed by atoms with Gasteiger partial charge in [-0.05, 0) is 59.9 Å². The van der Waals surface area contributed by atoms with Gasteiger partial charge in [0.15, 0.2) is 0 Å². The predicted octanol–water partition coefficient (Wildman–Crippen LogP) is 6.36. The summed E-state index contributed by atoms with van der Waals surface area (Å²) in [6, 6.07) is 34.1. The maximum Gasteiger partial charge on any atom is 0.211 e. The molecule has 6 heteroatoms. The van der Waals surface area contributed by atoms with Crippen LogP contribution in [0.2, 0.25) is 0 Å². The van der Waals surface area contributed by atoms with E-state index in [1.54, 1.807) is 19.2 Å². The van der Waals surface area contributed by atoms with Gasteiger partial charge < -0.3 is 19.9 Å². The number of methoxy groups -OCH3 is 1. The summed E-state index contributed by atoms with van der Waals surface area (Å²) in [7, 11) is 1.67. The van der Waals surface area contributed by atoms with E-state index in [0.29, 0.717) is 25.2 Å². The van der Waals surface area contributed by atoms with Gasteiger partial charge in [-0.25, -0.2) is 0 Å². The number of phenols is 1. The fourth-order valence-electron chi connectivity index (χ4n) is 4.62. The van der Waals surface area contributed by atoms with E-state index in [2.05, 4.69) is 53.5 Å². The zero-order valence-electron chi connectivity index (χ0n) is 22.5. The number of ether oxygens (including phenoxy) is 2. The number of benzene rings is 4. The minimum Gasteiger partial charge on any atom is -0.506 e. The number of aromatic hydroxyl groups is 1. The number of phenolic OH excluding ortho intramolecular Hbond substituents is 1. The minimum atomic E-state index is -0.306. The highest BCUT2D eigenvalue weighted by atomic mass is 16.5. The molecule has 1 unspecified atom stereocenters. The van der Waals surface area contributed by atoms with E-state index in [0.717, 1.165) is 29.8 Å². The van der Waals surface area contributed by atoms with Crippen LogP contribution in [0, 0.1) is 0 Å². The summed E-state index contributed by atoms with van der Waals surface area (Å²) in [5, 5.41) is 12.8. The average molecular weight is 525 g/mol. The first-order chi connectivity index (χ1) is 19.1. The van der Waals surface area contributed by atoms with E-state index in [-0.39, 0.29) is 17.9 Å². The van der Waals surface area contributed by atoms with Crippen molar-refractivity contribution in [2.24, 2.45) is 0 Å². The second-order valence-electron chi connectivity index (χ2n) is 9.64. The summed E-state index contributed by atoms with van der Waals surface area (Å²) < 4.78 is 11.9. The summed E-state index contributed by atoms with van der Waals surface area (Å²) in [6.07, 6.45) is 1.12. The zero-order valence-corrected chi connectivity index (χ0v) is 22.5. The Bertz CT molecular complexity index is 1300. The van der Waals surface area contributed by atoms with E-state index >= 15 is 0 Å². The molecule has 6 nitrogen and oxygen atoms in total. The van der Waals surface area contributed by atoms with Gasteiger partial charge in [-0.15, -0.1) is 0 Å². The van der Waals surface area contributed by atoms with Crippen LogP contribution in [-0.4, -0.2) is 36.1 Å². The average Bonchev–Trinajstić information content (AvgIpc) is 2.97. The highest BCUT2D eigenvalue weighted by molar-refractivity contribution is 5.75. The predicted molar refractivity (Wildman–Crippen MR) is 155 cm³/mol. The number of nitrogens with one attached hydrogen (secondary N) is 1. The largest absolute Gasteiger partial charge is 0.506 e. The van der Waals surface area contributed by atoms with Crippen LogP contribution in [0.4, 0.5) is 5.69 Å². The molecule has 4 rings (SSSR count). The monoisotopic (exact) mass is 524 g/mol. The topological polar surface area (TPSA) is 71.0 Å². The van der Waals surface area contributed by atoms with Crippen LogP contribution in [0.5, 0.6) is 11.5 Å². The van der Waals surface area contributed by atoms with Gasteiger partial charge in [0.1, 0.15) is 11.5 Å². The molecule has 0 aliphatic heterocycles. The number of nitrogens with zero attached hydrogens (tertiary/aromatic N) is 1. The third-order valence-electron chi connectivity index (χ3n) is 6.84. The molecule has 4 aromatic carbocycles. The Labute approximate surface area is 230 Å². The van der Waals surface area contributed by atoms with E-state index < -0.39 is 0 Å². The zero-order chi connectivity index (χ0) is 27.5. The van der Waals surface area contributed by atoms with E-state index in [4.69, 9.17) is 9.47 Å². The van der Waals surface area contributed by atoms with Crippen molar-refractivity contribution in [2.45, 2.75) is 38.6 Å². The van der Waals surface area contributed by atoms with Crippen molar-refractivity contribution in [3.63, 3.8) is 0 Å². The molecule has 0 spiro atoms. The molecule has 2 N–H and O–H groups in total. The lowest BCUT2D eigenvalue weighted by molar-refractivity contribution is -0.105. The lowest BCUT2D eigenvalue weighted by atomic mass is 10.0. The Balaban J connectivity index is 1.62. The third kappa shape index (κ3) is 8.18. The molecule has 0 saturated heterocycles.